The largest absolute Gasteiger partial charge is 0.310 e. The molecule has 4 aliphatic carbocycles. The van der Waals surface area contributed by atoms with Crippen LogP contribution in [-0.4, -0.2) is 0 Å². The zero-order valence-corrected chi connectivity index (χ0v) is 38.1. The van der Waals surface area contributed by atoms with E-state index in [1.807, 2.05) is 0 Å². The van der Waals surface area contributed by atoms with Crippen LogP contribution in [0.3, 0.4) is 0 Å². The zero-order chi connectivity index (χ0) is 44.2. The van der Waals surface area contributed by atoms with E-state index in [2.05, 4.69) is 232 Å². The lowest BCUT2D eigenvalue weighted by atomic mass is 9.68. The van der Waals surface area contributed by atoms with Crippen LogP contribution < -0.4 is 4.90 Å². The predicted molar refractivity (Wildman–Crippen MR) is 276 cm³/mol. The minimum atomic E-state index is -0.241. The molecule has 318 valence electrons. The summed E-state index contributed by atoms with van der Waals surface area (Å²) in [5.74, 6) is 0. The number of hydrogen-bond donors (Lipinski definition) is 0. The van der Waals surface area contributed by atoms with Crippen LogP contribution in [0.4, 0.5) is 17.1 Å². The predicted octanol–water partition coefficient (Wildman–Crippen LogP) is 17.4. The SMILES string of the molecule is CC1(C)c2ccccc2-c2cccc(-c3ccc(N(c4ccc(-c5ccc6c(c5)C(C)(c5ccccc5)c5ccccc5-6)cc4)c4ccc5c(c4)C4(CCCCC4)c4ccccc4-5)cc3)c21. The molecule has 0 aromatic heterocycles. The minimum absolute atomic E-state index is 0.0686. The van der Waals surface area contributed by atoms with E-state index in [4.69, 9.17) is 0 Å². The minimum Gasteiger partial charge on any atom is -0.310 e. The highest BCUT2D eigenvalue weighted by Crippen LogP contribution is 2.58. The van der Waals surface area contributed by atoms with Gasteiger partial charge < -0.3 is 4.90 Å². The van der Waals surface area contributed by atoms with Gasteiger partial charge in [0.05, 0.1) is 0 Å². The van der Waals surface area contributed by atoms with Gasteiger partial charge in [-0.2, -0.15) is 0 Å². The van der Waals surface area contributed by atoms with Crippen LogP contribution in [0.15, 0.2) is 206 Å². The van der Waals surface area contributed by atoms with Gasteiger partial charge >= 0.3 is 0 Å². The fourth-order valence-electron chi connectivity index (χ4n) is 13.2. The molecular weight excluding hydrogens is 795 g/mol. The lowest BCUT2D eigenvalue weighted by Crippen LogP contribution is -2.28. The molecule has 0 N–H and O–H groups in total. The van der Waals surface area contributed by atoms with E-state index in [0.29, 0.717) is 0 Å². The Morgan fingerprint density at radius 1 is 0.333 bits per heavy atom. The third kappa shape index (κ3) is 5.59. The zero-order valence-electron chi connectivity index (χ0n) is 38.1. The smallest absolute Gasteiger partial charge is 0.0465 e. The van der Waals surface area contributed by atoms with Gasteiger partial charge in [-0.15, -0.1) is 0 Å². The first-order valence-electron chi connectivity index (χ1n) is 24.1. The van der Waals surface area contributed by atoms with Crippen molar-refractivity contribution in [1.82, 2.24) is 0 Å². The Kier molecular flexibility index (Phi) is 8.69. The van der Waals surface area contributed by atoms with Gasteiger partial charge in [0.2, 0.25) is 0 Å². The molecule has 1 unspecified atom stereocenters. The molecule has 0 saturated heterocycles. The monoisotopic (exact) mass is 847 g/mol. The molecule has 4 aliphatic rings. The van der Waals surface area contributed by atoms with Gasteiger partial charge in [-0.3, -0.25) is 0 Å². The summed E-state index contributed by atoms with van der Waals surface area (Å²) in [6.07, 6.45) is 6.28. The second kappa shape index (κ2) is 14.6. The molecule has 0 aliphatic heterocycles. The number of benzene rings is 9. The van der Waals surface area contributed by atoms with Crippen LogP contribution in [-0.2, 0) is 16.2 Å². The van der Waals surface area contributed by atoms with Gasteiger partial charge in [0.25, 0.3) is 0 Å². The van der Waals surface area contributed by atoms with Crippen molar-refractivity contribution in [2.45, 2.75) is 69.1 Å². The lowest BCUT2D eigenvalue weighted by molar-refractivity contribution is 0.353. The van der Waals surface area contributed by atoms with Gasteiger partial charge in [0.15, 0.2) is 0 Å². The van der Waals surface area contributed by atoms with Gasteiger partial charge in [-0.05, 0) is 157 Å². The van der Waals surface area contributed by atoms with Gasteiger partial charge in [0.1, 0.15) is 0 Å². The first-order valence-corrected chi connectivity index (χ1v) is 24.1. The van der Waals surface area contributed by atoms with Crippen LogP contribution in [0.1, 0.15) is 91.8 Å². The Labute approximate surface area is 390 Å². The average Bonchev–Trinajstić information content (AvgIpc) is 3.90. The van der Waals surface area contributed by atoms with Crippen molar-refractivity contribution in [1.29, 1.82) is 0 Å². The molecule has 1 atom stereocenters. The van der Waals surface area contributed by atoms with Crippen molar-refractivity contribution in [2.75, 3.05) is 4.90 Å². The summed E-state index contributed by atoms with van der Waals surface area (Å²) in [6, 6.07) is 78.3. The fraction of sp³-hybridized carbons (Fsp3) is 0.169. The second-order valence-corrected chi connectivity index (χ2v) is 20.0. The Morgan fingerprint density at radius 3 is 1.55 bits per heavy atom. The van der Waals surface area contributed by atoms with Crippen LogP contribution >= 0.6 is 0 Å². The number of nitrogens with zero attached hydrogens (tertiary/aromatic N) is 1. The number of fused-ring (bicyclic) bond motifs is 11. The van der Waals surface area contributed by atoms with Crippen LogP contribution in [0.5, 0.6) is 0 Å². The quantitative estimate of drug-likeness (QED) is 0.161. The maximum atomic E-state index is 2.55. The molecular formula is C65H53N. The summed E-state index contributed by atoms with van der Waals surface area (Å²) in [7, 11) is 0. The normalized spacial score (nSPS) is 17.6. The van der Waals surface area contributed by atoms with Gasteiger partial charge in [-0.1, -0.05) is 197 Å². The highest BCUT2D eigenvalue weighted by molar-refractivity contribution is 5.91. The molecule has 0 radical (unpaired) electrons. The average molecular weight is 848 g/mol. The molecule has 1 heteroatoms. The highest BCUT2D eigenvalue weighted by atomic mass is 15.1. The molecule has 0 bridgehead atoms. The molecule has 13 rings (SSSR count). The van der Waals surface area contributed by atoms with Gasteiger partial charge in [0, 0.05) is 33.3 Å². The van der Waals surface area contributed by atoms with E-state index in [1.165, 1.54) is 132 Å². The fourth-order valence-corrected chi connectivity index (χ4v) is 13.2. The first kappa shape index (κ1) is 39.2. The summed E-state index contributed by atoms with van der Waals surface area (Å²) in [5.41, 5.74) is 26.4. The third-order valence-corrected chi connectivity index (χ3v) is 16.4. The summed E-state index contributed by atoms with van der Waals surface area (Å²) >= 11 is 0. The highest BCUT2D eigenvalue weighted by Gasteiger charge is 2.44. The van der Waals surface area contributed by atoms with E-state index in [0.717, 1.165) is 11.4 Å². The maximum Gasteiger partial charge on any atom is 0.0465 e. The second-order valence-electron chi connectivity index (χ2n) is 20.0. The number of anilines is 3. The summed E-state index contributed by atoms with van der Waals surface area (Å²) < 4.78 is 0. The number of rotatable bonds is 6. The summed E-state index contributed by atoms with van der Waals surface area (Å²) in [6.45, 7) is 7.17. The van der Waals surface area contributed by atoms with Crippen LogP contribution in [0, 0.1) is 0 Å². The maximum absolute atomic E-state index is 2.55. The Morgan fingerprint density at radius 2 is 0.833 bits per heavy atom. The molecule has 1 nitrogen and oxygen atoms in total. The Balaban J connectivity index is 0.923. The lowest BCUT2D eigenvalue weighted by Gasteiger charge is -2.36. The molecule has 1 spiro atoms. The van der Waals surface area contributed by atoms with E-state index >= 15 is 0 Å². The molecule has 9 aromatic rings. The Hall–Kier alpha value is -7.22. The van der Waals surface area contributed by atoms with E-state index < -0.39 is 0 Å². The van der Waals surface area contributed by atoms with Crippen LogP contribution in [0.2, 0.25) is 0 Å². The Bertz CT molecular complexity index is 3370. The van der Waals surface area contributed by atoms with E-state index in [-0.39, 0.29) is 16.2 Å². The standard InChI is InChI=1S/C65H53N/c1-63(2)57-24-11-8-21-53(57)56-23-16-22-50(62(56)63)44-29-34-48(35-30-44)66(49-36-38-55-52-20-10-13-26-59(52)65(61(55)42-49)39-14-5-15-40-65)47-32-27-43(28-33-47)45-31-37-54-51-19-9-12-25-58(51)64(3,60(54)41-45)46-17-6-4-7-18-46/h4,6-13,16-38,41-42H,5,14-15,39-40H2,1-3H3. The molecule has 1 fully saturated rings. The van der Waals surface area contributed by atoms with Crippen molar-refractivity contribution in [2.24, 2.45) is 0 Å². The summed E-state index contributed by atoms with van der Waals surface area (Å²) in [4.78, 5) is 2.49. The van der Waals surface area contributed by atoms with Crippen molar-refractivity contribution < 1.29 is 0 Å². The topological polar surface area (TPSA) is 3.24 Å². The molecule has 0 heterocycles. The molecule has 66 heavy (non-hydrogen) atoms. The summed E-state index contributed by atoms with van der Waals surface area (Å²) in [5, 5.41) is 0. The van der Waals surface area contributed by atoms with Crippen molar-refractivity contribution in [3.05, 3.63) is 245 Å². The van der Waals surface area contributed by atoms with E-state index in [1.54, 1.807) is 0 Å². The molecule has 1 saturated carbocycles. The number of hydrogen-bond acceptors (Lipinski definition) is 1. The molecule has 0 amide bonds. The van der Waals surface area contributed by atoms with Crippen molar-refractivity contribution in [3.63, 3.8) is 0 Å². The van der Waals surface area contributed by atoms with Crippen molar-refractivity contribution >= 4 is 17.1 Å². The first-order chi connectivity index (χ1) is 32.3. The van der Waals surface area contributed by atoms with Gasteiger partial charge in [-0.25, -0.2) is 0 Å². The third-order valence-electron chi connectivity index (χ3n) is 16.4. The molecule has 9 aromatic carbocycles. The van der Waals surface area contributed by atoms with Crippen LogP contribution in [0.25, 0.3) is 55.6 Å². The van der Waals surface area contributed by atoms with Crippen molar-refractivity contribution in [3.8, 4) is 55.6 Å². The van der Waals surface area contributed by atoms with E-state index in [9.17, 15) is 0 Å².